The Bertz CT molecular complexity index is 192. The summed E-state index contributed by atoms with van der Waals surface area (Å²) in [5.41, 5.74) is 6.23. The van der Waals surface area contributed by atoms with Crippen molar-refractivity contribution in [2.45, 2.75) is 38.1 Å². The quantitative estimate of drug-likeness (QED) is 0.620. The highest BCUT2D eigenvalue weighted by Gasteiger charge is 2.44. The highest BCUT2D eigenvalue weighted by molar-refractivity contribution is 5.92. The van der Waals surface area contributed by atoms with E-state index in [1.807, 2.05) is 6.92 Å². The molecule has 11 heavy (non-hydrogen) atoms. The number of allylic oxidation sites excluding steroid dienone is 1. The number of ketones is 1. The molecule has 0 aromatic carbocycles. The largest absolute Gasteiger partial charge is 0.319 e. The van der Waals surface area contributed by atoms with E-state index >= 15 is 0 Å². The summed E-state index contributed by atoms with van der Waals surface area (Å²) in [6.07, 6.45) is 3.08. The number of Topliss-reactive ketones (excluding diaryl/α,β-unsaturated/α-hetero) is 1. The molecule has 0 aromatic heterocycles. The van der Waals surface area contributed by atoms with E-state index in [-0.39, 0.29) is 5.78 Å². The molecule has 2 nitrogen and oxygen atoms in total. The number of carbonyl (C=O) groups excluding carboxylic acids is 1. The molecule has 0 saturated heterocycles. The summed E-state index contributed by atoms with van der Waals surface area (Å²) in [6.45, 7) is 5.78. The van der Waals surface area contributed by atoms with E-state index in [4.69, 9.17) is 5.73 Å². The highest BCUT2D eigenvalue weighted by Crippen LogP contribution is 2.34. The Morgan fingerprint density at radius 3 is 2.55 bits per heavy atom. The number of hydrogen-bond acceptors (Lipinski definition) is 2. The van der Waals surface area contributed by atoms with Gasteiger partial charge in [0.2, 0.25) is 0 Å². The average molecular weight is 153 g/mol. The fourth-order valence-electron chi connectivity index (χ4n) is 0.942. The Morgan fingerprint density at radius 2 is 2.18 bits per heavy atom. The van der Waals surface area contributed by atoms with Crippen molar-refractivity contribution >= 4 is 5.78 Å². The summed E-state index contributed by atoms with van der Waals surface area (Å²) >= 11 is 0. The van der Waals surface area contributed by atoms with Crippen LogP contribution in [0.3, 0.4) is 0 Å². The molecule has 1 saturated carbocycles. The average Bonchev–Trinajstić information content (AvgIpc) is 2.69. The van der Waals surface area contributed by atoms with Gasteiger partial charge in [0.25, 0.3) is 0 Å². The molecule has 0 aliphatic heterocycles. The second-order valence-electron chi connectivity index (χ2n) is 3.36. The molecule has 1 aliphatic carbocycles. The molecule has 0 aromatic rings. The number of rotatable bonds is 4. The summed E-state index contributed by atoms with van der Waals surface area (Å²) in [7, 11) is 0. The predicted molar refractivity (Wildman–Crippen MR) is 45.2 cm³/mol. The van der Waals surface area contributed by atoms with Gasteiger partial charge >= 0.3 is 0 Å². The van der Waals surface area contributed by atoms with Crippen LogP contribution in [0.2, 0.25) is 0 Å². The Morgan fingerprint density at radius 1 is 1.64 bits per heavy atom. The zero-order valence-corrected chi connectivity index (χ0v) is 7.02. The van der Waals surface area contributed by atoms with Crippen molar-refractivity contribution in [2.75, 3.05) is 0 Å². The maximum Gasteiger partial charge on any atom is 0.156 e. The van der Waals surface area contributed by atoms with E-state index in [2.05, 4.69) is 6.58 Å². The third kappa shape index (κ3) is 1.90. The normalized spacial score (nSPS) is 19.5. The predicted octanol–water partition coefficient (Wildman–Crippen LogP) is 1.40. The third-order valence-electron chi connectivity index (χ3n) is 2.25. The highest BCUT2D eigenvalue weighted by atomic mass is 16.1. The zero-order valence-electron chi connectivity index (χ0n) is 7.02. The molecule has 0 unspecified atom stereocenters. The van der Waals surface area contributed by atoms with Crippen LogP contribution >= 0.6 is 0 Å². The molecule has 1 aliphatic rings. The molecule has 0 radical (unpaired) electrons. The van der Waals surface area contributed by atoms with E-state index in [0.717, 1.165) is 24.8 Å². The van der Waals surface area contributed by atoms with Gasteiger partial charge in [-0.25, -0.2) is 0 Å². The van der Waals surface area contributed by atoms with Gasteiger partial charge in [0.05, 0.1) is 5.54 Å². The maximum absolute atomic E-state index is 11.3. The summed E-state index contributed by atoms with van der Waals surface area (Å²) < 4.78 is 0. The van der Waals surface area contributed by atoms with Crippen LogP contribution in [-0.4, -0.2) is 11.3 Å². The van der Waals surface area contributed by atoms with Crippen LogP contribution in [0, 0.1) is 0 Å². The maximum atomic E-state index is 11.3. The van der Waals surface area contributed by atoms with Gasteiger partial charge in [-0.05, 0) is 19.3 Å². The van der Waals surface area contributed by atoms with Gasteiger partial charge in [-0.2, -0.15) is 0 Å². The van der Waals surface area contributed by atoms with Crippen LogP contribution in [0.1, 0.15) is 32.6 Å². The molecule has 62 valence electrons. The molecule has 1 fully saturated rings. The van der Waals surface area contributed by atoms with Crippen molar-refractivity contribution in [2.24, 2.45) is 5.73 Å². The van der Waals surface area contributed by atoms with Crippen LogP contribution in [0.15, 0.2) is 12.2 Å². The molecule has 1 rings (SSSR count). The van der Waals surface area contributed by atoms with Crippen molar-refractivity contribution in [3.63, 3.8) is 0 Å². The van der Waals surface area contributed by atoms with Crippen molar-refractivity contribution in [1.29, 1.82) is 0 Å². The zero-order chi connectivity index (χ0) is 8.48. The second-order valence-corrected chi connectivity index (χ2v) is 3.36. The minimum atomic E-state index is -0.460. The second kappa shape index (κ2) is 2.78. The SMILES string of the molecule is C=C(CC)CC(=O)C1(N)CC1. The summed E-state index contributed by atoms with van der Waals surface area (Å²) in [4.78, 5) is 11.3. The Labute approximate surface area is 67.5 Å². The first-order valence-corrected chi connectivity index (χ1v) is 4.07. The van der Waals surface area contributed by atoms with Crippen molar-refractivity contribution in [3.8, 4) is 0 Å². The topological polar surface area (TPSA) is 43.1 Å². The fourth-order valence-corrected chi connectivity index (χ4v) is 0.942. The van der Waals surface area contributed by atoms with Gasteiger partial charge in [-0.3, -0.25) is 4.79 Å². The lowest BCUT2D eigenvalue weighted by atomic mass is 10.0. The number of carbonyl (C=O) groups is 1. The summed E-state index contributed by atoms with van der Waals surface area (Å²) in [5.74, 6) is 0.171. The van der Waals surface area contributed by atoms with Crippen molar-refractivity contribution in [1.82, 2.24) is 0 Å². The van der Waals surface area contributed by atoms with Crippen LogP contribution in [0.4, 0.5) is 0 Å². The van der Waals surface area contributed by atoms with Gasteiger partial charge in [-0.15, -0.1) is 0 Å². The van der Waals surface area contributed by atoms with E-state index < -0.39 is 5.54 Å². The first kappa shape index (κ1) is 8.47. The lowest BCUT2D eigenvalue weighted by Gasteiger charge is -2.07. The fraction of sp³-hybridized carbons (Fsp3) is 0.667. The molecule has 0 amide bonds. The molecule has 2 heteroatoms. The van der Waals surface area contributed by atoms with Crippen LogP contribution in [0.25, 0.3) is 0 Å². The van der Waals surface area contributed by atoms with E-state index in [1.165, 1.54) is 0 Å². The van der Waals surface area contributed by atoms with Crippen molar-refractivity contribution in [3.05, 3.63) is 12.2 Å². The molecular formula is C9H15NO. The van der Waals surface area contributed by atoms with Gasteiger partial charge in [0.15, 0.2) is 5.78 Å². The molecule has 2 N–H and O–H groups in total. The number of nitrogens with two attached hydrogens (primary N) is 1. The van der Waals surface area contributed by atoms with Gasteiger partial charge in [0.1, 0.15) is 0 Å². The monoisotopic (exact) mass is 153 g/mol. The van der Waals surface area contributed by atoms with Crippen molar-refractivity contribution < 1.29 is 4.79 Å². The minimum Gasteiger partial charge on any atom is -0.319 e. The first-order chi connectivity index (χ1) is 5.08. The van der Waals surface area contributed by atoms with Crippen LogP contribution < -0.4 is 5.73 Å². The lowest BCUT2D eigenvalue weighted by molar-refractivity contribution is -0.120. The molecule has 0 spiro atoms. The Hall–Kier alpha value is -0.630. The van der Waals surface area contributed by atoms with Crippen LogP contribution in [-0.2, 0) is 4.79 Å². The smallest absolute Gasteiger partial charge is 0.156 e. The van der Waals surface area contributed by atoms with Gasteiger partial charge in [0, 0.05) is 6.42 Å². The van der Waals surface area contributed by atoms with Gasteiger partial charge in [-0.1, -0.05) is 19.1 Å². The third-order valence-corrected chi connectivity index (χ3v) is 2.25. The van der Waals surface area contributed by atoms with E-state index in [9.17, 15) is 4.79 Å². The van der Waals surface area contributed by atoms with E-state index in [1.54, 1.807) is 0 Å². The lowest BCUT2D eigenvalue weighted by Crippen LogP contribution is -2.32. The van der Waals surface area contributed by atoms with Crippen LogP contribution in [0.5, 0.6) is 0 Å². The number of hydrogen-bond donors (Lipinski definition) is 1. The molecule has 0 bridgehead atoms. The summed E-state index contributed by atoms with van der Waals surface area (Å²) in [6, 6.07) is 0. The summed E-state index contributed by atoms with van der Waals surface area (Å²) in [5, 5.41) is 0. The Kier molecular flexibility index (Phi) is 2.14. The first-order valence-electron chi connectivity index (χ1n) is 4.07. The standard InChI is InChI=1S/C9H15NO/c1-3-7(2)6-8(11)9(10)4-5-9/h2-6,10H2,1H3. The van der Waals surface area contributed by atoms with Gasteiger partial charge < -0.3 is 5.73 Å². The molecule has 0 heterocycles. The molecular weight excluding hydrogens is 138 g/mol. The molecule has 0 atom stereocenters. The minimum absolute atomic E-state index is 0.171. The Balaban J connectivity index is 2.38. The van der Waals surface area contributed by atoms with E-state index in [0.29, 0.717) is 6.42 Å².